The van der Waals surface area contributed by atoms with E-state index in [9.17, 15) is 0 Å². The Kier molecular flexibility index (Phi) is 3.56. The van der Waals surface area contributed by atoms with Crippen LogP contribution in [0.4, 0.5) is 0 Å². The van der Waals surface area contributed by atoms with Gasteiger partial charge in [-0.1, -0.05) is 24.3 Å². The van der Waals surface area contributed by atoms with Crippen molar-refractivity contribution in [2.75, 3.05) is 26.4 Å². The molecule has 0 amide bonds. The molecule has 1 atom stereocenters. The van der Waals surface area contributed by atoms with Crippen molar-refractivity contribution in [3.05, 3.63) is 35.4 Å². The van der Waals surface area contributed by atoms with E-state index < -0.39 is 5.60 Å². The Balaban J connectivity index is 2.33. The summed E-state index contributed by atoms with van der Waals surface area (Å²) in [4.78, 5) is 0. The Bertz CT molecular complexity index is 356. The molecule has 88 valence electrons. The van der Waals surface area contributed by atoms with E-state index in [-0.39, 0.29) is 13.2 Å². The SMILES string of the molecule is NCC1(OCCO)COCc2ccccc21. The summed E-state index contributed by atoms with van der Waals surface area (Å²) in [6.45, 7) is 1.66. The largest absolute Gasteiger partial charge is 0.394 e. The fraction of sp³-hybridized carbons (Fsp3) is 0.500. The Labute approximate surface area is 95.0 Å². The number of aliphatic hydroxyl groups excluding tert-OH is 1. The lowest BCUT2D eigenvalue weighted by Crippen LogP contribution is -2.46. The summed E-state index contributed by atoms with van der Waals surface area (Å²) in [5.74, 6) is 0. The zero-order chi connectivity index (χ0) is 11.4. The van der Waals surface area contributed by atoms with Crippen LogP contribution in [0.15, 0.2) is 24.3 Å². The second kappa shape index (κ2) is 4.93. The van der Waals surface area contributed by atoms with Gasteiger partial charge in [0.15, 0.2) is 0 Å². The molecule has 0 spiro atoms. The molecule has 1 aromatic carbocycles. The van der Waals surface area contributed by atoms with E-state index in [4.69, 9.17) is 20.3 Å². The topological polar surface area (TPSA) is 64.7 Å². The Morgan fingerprint density at radius 3 is 3.00 bits per heavy atom. The molecule has 0 radical (unpaired) electrons. The monoisotopic (exact) mass is 223 g/mol. The Morgan fingerprint density at radius 2 is 2.25 bits per heavy atom. The van der Waals surface area contributed by atoms with E-state index in [0.717, 1.165) is 11.1 Å². The van der Waals surface area contributed by atoms with Gasteiger partial charge in [0.2, 0.25) is 0 Å². The Morgan fingerprint density at radius 1 is 1.44 bits per heavy atom. The van der Waals surface area contributed by atoms with Gasteiger partial charge in [-0.15, -0.1) is 0 Å². The van der Waals surface area contributed by atoms with Gasteiger partial charge in [0.25, 0.3) is 0 Å². The van der Waals surface area contributed by atoms with Gasteiger partial charge >= 0.3 is 0 Å². The van der Waals surface area contributed by atoms with Crippen LogP contribution in [-0.2, 0) is 21.7 Å². The van der Waals surface area contributed by atoms with Gasteiger partial charge < -0.3 is 20.3 Å². The van der Waals surface area contributed by atoms with Gasteiger partial charge in [-0.25, -0.2) is 0 Å². The molecule has 0 saturated carbocycles. The zero-order valence-corrected chi connectivity index (χ0v) is 9.19. The molecular weight excluding hydrogens is 206 g/mol. The molecule has 0 bridgehead atoms. The first-order valence-electron chi connectivity index (χ1n) is 5.43. The van der Waals surface area contributed by atoms with Crippen molar-refractivity contribution in [1.82, 2.24) is 0 Å². The van der Waals surface area contributed by atoms with Crippen molar-refractivity contribution in [1.29, 1.82) is 0 Å². The minimum atomic E-state index is -0.600. The molecule has 0 saturated heterocycles. The summed E-state index contributed by atoms with van der Waals surface area (Å²) in [6.07, 6.45) is 0. The van der Waals surface area contributed by atoms with Crippen molar-refractivity contribution in [2.45, 2.75) is 12.2 Å². The zero-order valence-electron chi connectivity index (χ0n) is 9.19. The standard InChI is InChI=1S/C12H17NO3/c13-8-12(16-6-5-14)9-15-7-10-3-1-2-4-11(10)12/h1-4,14H,5-9,13H2. The number of hydrogen-bond acceptors (Lipinski definition) is 4. The first-order valence-corrected chi connectivity index (χ1v) is 5.43. The van der Waals surface area contributed by atoms with Crippen molar-refractivity contribution in [3.63, 3.8) is 0 Å². The lowest BCUT2D eigenvalue weighted by molar-refractivity contribution is -0.120. The van der Waals surface area contributed by atoms with Gasteiger partial charge in [-0.05, 0) is 11.1 Å². The van der Waals surface area contributed by atoms with E-state index >= 15 is 0 Å². The summed E-state index contributed by atoms with van der Waals surface area (Å²) >= 11 is 0. The molecule has 0 aliphatic carbocycles. The maximum Gasteiger partial charge on any atom is 0.129 e. The van der Waals surface area contributed by atoms with Crippen LogP contribution in [0.3, 0.4) is 0 Å². The summed E-state index contributed by atoms with van der Waals surface area (Å²) in [5, 5.41) is 8.85. The molecule has 1 aliphatic rings. The smallest absolute Gasteiger partial charge is 0.129 e. The molecule has 2 rings (SSSR count). The molecule has 4 nitrogen and oxygen atoms in total. The summed E-state index contributed by atoms with van der Waals surface area (Å²) < 4.78 is 11.2. The van der Waals surface area contributed by atoms with Crippen LogP contribution in [0.1, 0.15) is 11.1 Å². The number of fused-ring (bicyclic) bond motifs is 1. The van der Waals surface area contributed by atoms with Crippen molar-refractivity contribution < 1.29 is 14.6 Å². The highest BCUT2D eigenvalue weighted by Crippen LogP contribution is 2.32. The number of ether oxygens (including phenoxy) is 2. The summed E-state index contributed by atoms with van der Waals surface area (Å²) in [5.41, 5.74) is 7.40. The molecule has 3 N–H and O–H groups in total. The maximum atomic E-state index is 8.85. The second-order valence-electron chi connectivity index (χ2n) is 3.92. The van der Waals surface area contributed by atoms with E-state index in [1.54, 1.807) is 0 Å². The molecule has 1 aromatic rings. The summed E-state index contributed by atoms with van der Waals surface area (Å²) in [6, 6.07) is 7.97. The van der Waals surface area contributed by atoms with Crippen LogP contribution in [0.2, 0.25) is 0 Å². The lowest BCUT2D eigenvalue weighted by atomic mass is 9.88. The number of rotatable bonds is 4. The number of nitrogens with two attached hydrogens (primary N) is 1. The molecule has 1 unspecified atom stereocenters. The maximum absolute atomic E-state index is 8.85. The van der Waals surface area contributed by atoms with E-state index in [0.29, 0.717) is 19.8 Å². The van der Waals surface area contributed by atoms with Crippen molar-refractivity contribution in [3.8, 4) is 0 Å². The van der Waals surface area contributed by atoms with Crippen LogP contribution in [-0.4, -0.2) is 31.5 Å². The molecule has 0 aromatic heterocycles. The molecule has 4 heteroatoms. The van der Waals surface area contributed by atoms with Crippen LogP contribution < -0.4 is 5.73 Å². The first kappa shape index (κ1) is 11.5. The quantitative estimate of drug-likeness (QED) is 0.774. The predicted octanol–water partition coefficient (Wildman–Crippen LogP) is 0.380. The van der Waals surface area contributed by atoms with Gasteiger partial charge in [0.1, 0.15) is 5.60 Å². The van der Waals surface area contributed by atoms with Crippen LogP contribution in [0.25, 0.3) is 0 Å². The first-order chi connectivity index (χ1) is 7.82. The van der Waals surface area contributed by atoms with Gasteiger partial charge in [-0.2, -0.15) is 0 Å². The van der Waals surface area contributed by atoms with E-state index in [2.05, 4.69) is 0 Å². The molecular formula is C12H17NO3. The third-order valence-electron chi connectivity index (χ3n) is 2.90. The van der Waals surface area contributed by atoms with Crippen LogP contribution in [0.5, 0.6) is 0 Å². The molecule has 1 aliphatic heterocycles. The highest BCUT2D eigenvalue weighted by molar-refractivity contribution is 5.34. The van der Waals surface area contributed by atoms with Crippen LogP contribution in [0, 0.1) is 0 Å². The Hall–Kier alpha value is -0.940. The predicted molar refractivity (Wildman–Crippen MR) is 59.9 cm³/mol. The highest BCUT2D eigenvalue weighted by Gasteiger charge is 2.36. The van der Waals surface area contributed by atoms with Gasteiger partial charge in [0.05, 0.1) is 26.4 Å². The molecule has 1 heterocycles. The second-order valence-corrected chi connectivity index (χ2v) is 3.92. The third-order valence-corrected chi connectivity index (χ3v) is 2.90. The number of hydrogen-bond donors (Lipinski definition) is 2. The molecule has 16 heavy (non-hydrogen) atoms. The van der Waals surface area contributed by atoms with Crippen molar-refractivity contribution in [2.24, 2.45) is 5.73 Å². The average molecular weight is 223 g/mol. The van der Waals surface area contributed by atoms with Crippen LogP contribution >= 0.6 is 0 Å². The molecule has 0 fully saturated rings. The number of aliphatic hydroxyl groups is 1. The van der Waals surface area contributed by atoms with Gasteiger partial charge in [-0.3, -0.25) is 0 Å². The average Bonchev–Trinajstić information content (AvgIpc) is 2.36. The fourth-order valence-corrected chi connectivity index (χ4v) is 2.08. The fourth-order valence-electron chi connectivity index (χ4n) is 2.08. The summed E-state index contributed by atoms with van der Waals surface area (Å²) in [7, 11) is 0. The highest BCUT2D eigenvalue weighted by atomic mass is 16.5. The van der Waals surface area contributed by atoms with Gasteiger partial charge in [0, 0.05) is 6.54 Å². The lowest BCUT2D eigenvalue weighted by Gasteiger charge is -2.37. The van der Waals surface area contributed by atoms with Crippen molar-refractivity contribution >= 4 is 0 Å². The minimum Gasteiger partial charge on any atom is -0.394 e. The number of benzene rings is 1. The van der Waals surface area contributed by atoms with E-state index in [1.165, 1.54) is 0 Å². The minimum absolute atomic E-state index is 0.0100. The normalized spacial score (nSPS) is 24.1. The third kappa shape index (κ3) is 1.97. The van der Waals surface area contributed by atoms with E-state index in [1.807, 2.05) is 24.3 Å².